The first-order valence-electron chi connectivity index (χ1n) is 15.9. The Labute approximate surface area is 272 Å². The monoisotopic (exact) mass is 764 g/mol. The number of nitrogens with zero attached hydrogens (tertiary/aromatic N) is 2. The van der Waals surface area contributed by atoms with Crippen LogP contribution in [0.3, 0.4) is 0 Å². The number of hydrogen-bond acceptors (Lipinski definition) is 3. The van der Waals surface area contributed by atoms with E-state index >= 15 is 0 Å². The summed E-state index contributed by atoms with van der Waals surface area (Å²) in [7, 11) is -1.40. The van der Waals surface area contributed by atoms with Crippen molar-refractivity contribution in [2.45, 2.75) is 58.1 Å². The first-order valence-corrected chi connectivity index (χ1v) is 18.7. The molecule has 215 valence electrons. The molecule has 6 aromatic rings. The minimum Gasteiger partial charge on any atom is -0.304 e. The Morgan fingerprint density at radius 2 is 1.57 bits per heavy atom. The number of aryl methyl sites for hydroxylation is 1. The third kappa shape index (κ3) is 6.50. The van der Waals surface area contributed by atoms with E-state index in [0.717, 1.165) is 22.5 Å². The van der Waals surface area contributed by atoms with E-state index in [0.29, 0.717) is 5.92 Å². The quantitative estimate of drug-likeness (QED) is 0.132. The van der Waals surface area contributed by atoms with Crippen molar-refractivity contribution in [3.8, 4) is 22.5 Å². The van der Waals surface area contributed by atoms with Crippen LogP contribution in [0.15, 0.2) is 91.3 Å². The molecule has 0 saturated heterocycles. The van der Waals surface area contributed by atoms with Crippen LogP contribution in [-0.4, -0.2) is 18.0 Å². The second-order valence-electron chi connectivity index (χ2n) is 11.8. The third-order valence-corrected chi connectivity index (χ3v) is 11.4. The Kier molecular flexibility index (Phi) is 8.34. The number of fused-ring (bicyclic) bond motifs is 3. The van der Waals surface area contributed by atoms with Crippen molar-refractivity contribution in [3.05, 3.63) is 115 Å². The van der Waals surface area contributed by atoms with Gasteiger partial charge in [0, 0.05) is 41.3 Å². The van der Waals surface area contributed by atoms with E-state index in [4.69, 9.17) is 9.10 Å². The molecule has 1 radical (unpaired) electrons. The minimum absolute atomic E-state index is 0. The first-order chi connectivity index (χ1) is 21.1. The number of pyridine rings is 2. The zero-order valence-corrected chi connectivity index (χ0v) is 28.4. The molecule has 0 amide bonds. The van der Waals surface area contributed by atoms with Gasteiger partial charge in [-0.2, -0.15) is 11.3 Å². The van der Waals surface area contributed by atoms with Crippen molar-refractivity contribution in [1.82, 2.24) is 9.97 Å². The van der Waals surface area contributed by atoms with E-state index in [1.807, 2.05) is 29.5 Å². The van der Waals surface area contributed by atoms with Gasteiger partial charge in [0.05, 0.1) is 8.07 Å². The molecule has 5 heteroatoms. The van der Waals surface area contributed by atoms with Gasteiger partial charge in [0.15, 0.2) is 0 Å². The van der Waals surface area contributed by atoms with E-state index in [1.165, 1.54) is 57.6 Å². The third-order valence-electron chi connectivity index (χ3n) is 7.88. The molecule has 2 nitrogen and oxygen atoms in total. The molecule has 0 spiro atoms. The Bertz CT molecular complexity index is 1870. The molecule has 3 heterocycles. The van der Waals surface area contributed by atoms with Crippen molar-refractivity contribution in [3.63, 3.8) is 0 Å². The van der Waals surface area contributed by atoms with Crippen molar-refractivity contribution in [1.29, 1.82) is 0 Å². The number of rotatable bonds is 4. The standard InChI is InChI=1S/C25H26NSSi.C12H10N.Ir/c1-28(2,3)23-13-7-11-20-19-10-6-12-21(24(19)27-25(20)23)22-15-14-18(16-26-22)17-8-4-5-9-17;1-10-7-8-12(13-9-10)11-5-3-2-4-6-11;/h6-7,10-11,13-17H,4-5,8-9H2,1-3H3;2-5,7-9H,1H3;/q2*-1;/i;1D3;. The molecule has 3 aromatic heterocycles. The molecule has 1 saturated carbocycles. The Hall–Kier alpha value is -2.95. The summed E-state index contributed by atoms with van der Waals surface area (Å²) >= 11 is 1.93. The Balaban J connectivity index is 0.000000202. The van der Waals surface area contributed by atoms with Crippen LogP contribution < -0.4 is 5.19 Å². The fourth-order valence-electron chi connectivity index (χ4n) is 5.70. The average molecular weight is 764 g/mol. The van der Waals surface area contributed by atoms with Gasteiger partial charge < -0.3 is 9.97 Å². The number of benzene rings is 3. The summed E-state index contributed by atoms with van der Waals surface area (Å²) in [6, 6.07) is 32.9. The van der Waals surface area contributed by atoms with Crippen molar-refractivity contribution < 1.29 is 24.2 Å². The molecule has 7 rings (SSSR count). The van der Waals surface area contributed by atoms with E-state index in [2.05, 4.69) is 85.4 Å². The zero-order valence-electron chi connectivity index (χ0n) is 27.2. The van der Waals surface area contributed by atoms with Gasteiger partial charge in [0.1, 0.15) is 0 Å². The molecular weight excluding hydrogens is 725 g/mol. The minimum atomic E-state index is -2.09. The second-order valence-corrected chi connectivity index (χ2v) is 17.9. The van der Waals surface area contributed by atoms with Crippen LogP contribution in [0.25, 0.3) is 42.7 Å². The van der Waals surface area contributed by atoms with Crippen LogP contribution in [0.1, 0.15) is 46.8 Å². The van der Waals surface area contributed by atoms with Gasteiger partial charge in [-0.05, 0) is 63.4 Å². The zero-order chi connectivity index (χ0) is 30.9. The number of hydrogen-bond donors (Lipinski definition) is 0. The molecule has 1 fully saturated rings. The summed E-state index contributed by atoms with van der Waals surface area (Å²) in [6.07, 6.45) is 8.86. The molecule has 1 aliphatic carbocycles. The van der Waals surface area contributed by atoms with Gasteiger partial charge in [-0.1, -0.05) is 80.3 Å². The summed E-state index contributed by atoms with van der Waals surface area (Å²) in [5.74, 6) is 0.713. The first kappa shape index (κ1) is 26.7. The molecular formula is C37H36IrN2SSi-2. The molecule has 1 aliphatic rings. The van der Waals surface area contributed by atoms with Gasteiger partial charge in [-0.15, -0.1) is 59.7 Å². The number of thiophene rings is 1. The van der Waals surface area contributed by atoms with Crippen LogP contribution in [0, 0.1) is 19.0 Å². The van der Waals surface area contributed by atoms with Crippen molar-refractivity contribution in [2.75, 3.05) is 0 Å². The maximum atomic E-state index is 7.23. The van der Waals surface area contributed by atoms with Crippen molar-refractivity contribution in [2.24, 2.45) is 0 Å². The molecule has 0 bridgehead atoms. The van der Waals surface area contributed by atoms with Gasteiger partial charge in [-0.25, -0.2) is 0 Å². The summed E-state index contributed by atoms with van der Waals surface area (Å²) in [5, 5.41) is 4.29. The van der Waals surface area contributed by atoms with Gasteiger partial charge in [0.25, 0.3) is 0 Å². The SMILES string of the molecule is C[Si](C)(C)c1cccc2c1sc1c(-c3ccc(C4CCCC4)cn3)[c-]ccc12.[2H]C([2H])([2H])c1ccc(-c2[c-]cccc2)nc1.[Ir]. The second kappa shape index (κ2) is 13.1. The van der Waals surface area contributed by atoms with Crippen LogP contribution in [-0.2, 0) is 20.1 Å². The Morgan fingerprint density at radius 3 is 2.24 bits per heavy atom. The van der Waals surface area contributed by atoms with E-state index < -0.39 is 14.9 Å². The summed E-state index contributed by atoms with van der Waals surface area (Å²) in [6.45, 7) is 5.21. The maximum Gasteiger partial charge on any atom is 0.0794 e. The van der Waals surface area contributed by atoms with Crippen LogP contribution in [0.5, 0.6) is 0 Å². The van der Waals surface area contributed by atoms with Gasteiger partial charge in [0.2, 0.25) is 0 Å². The van der Waals surface area contributed by atoms with Crippen LogP contribution in [0.4, 0.5) is 0 Å². The predicted molar refractivity (Wildman–Crippen MR) is 179 cm³/mol. The molecule has 0 N–H and O–H groups in total. The normalized spacial score (nSPS) is 14.9. The van der Waals surface area contributed by atoms with E-state index in [1.54, 1.807) is 23.4 Å². The van der Waals surface area contributed by atoms with Crippen LogP contribution in [0.2, 0.25) is 19.6 Å². The van der Waals surface area contributed by atoms with Gasteiger partial charge >= 0.3 is 0 Å². The largest absolute Gasteiger partial charge is 0.304 e. The smallest absolute Gasteiger partial charge is 0.0794 e. The van der Waals surface area contributed by atoms with Crippen LogP contribution >= 0.6 is 11.3 Å². The predicted octanol–water partition coefficient (Wildman–Crippen LogP) is 9.97. The molecule has 0 unspecified atom stereocenters. The maximum absolute atomic E-state index is 7.23. The molecule has 42 heavy (non-hydrogen) atoms. The van der Waals surface area contributed by atoms with E-state index in [-0.39, 0.29) is 25.7 Å². The average Bonchev–Trinajstić information content (AvgIpc) is 3.70. The number of aromatic nitrogens is 2. The fraction of sp³-hybridized carbons (Fsp3) is 0.243. The molecule has 3 aromatic carbocycles. The fourth-order valence-corrected chi connectivity index (χ4v) is 9.41. The Morgan fingerprint density at radius 1 is 0.786 bits per heavy atom. The molecule has 0 atom stereocenters. The van der Waals surface area contributed by atoms with Crippen molar-refractivity contribution >= 4 is 44.8 Å². The van der Waals surface area contributed by atoms with E-state index in [9.17, 15) is 0 Å². The summed E-state index contributed by atoms with van der Waals surface area (Å²) < 4.78 is 24.5. The topological polar surface area (TPSA) is 25.8 Å². The molecule has 0 aliphatic heterocycles. The summed E-state index contributed by atoms with van der Waals surface area (Å²) in [5.41, 5.74) is 5.46. The van der Waals surface area contributed by atoms with Gasteiger partial charge in [-0.3, -0.25) is 0 Å². The summed E-state index contributed by atoms with van der Waals surface area (Å²) in [4.78, 5) is 8.99.